The van der Waals surface area contributed by atoms with Crippen molar-refractivity contribution in [2.45, 2.75) is 32.4 Å². The summed E-state index contributed by atoms with van der Waals surface area (Å²) >= 11 is 0. The van der Waals surface area contributed by atoms with Gasteiger partial charge in [0.05, 0.1) is 0 Å². The Balaban J connectivity index is 1.92. The average molecular weight is 232 g/mol. The molecule has 0 spiro atoms. The molecule has 0 atom stereocenters. The summed E-state index contributed by atoms with van der Waals surface area (Å²) in [5.74, 6) is 0. The van der Waals surface area contributed by atoms with Gasteiger partial charge in [0.25, 0.3) is 0 Å². The van der Waals surface area contributed by atoms with E-state index in [9.17, 15) is 0 Å². The fraction of sp³-hybridized carbons (Fsp3) is 0.600. The molecule has 0 N–H and O–H groups in total. The van der Waals surface area contributed by atoms with E-state index in [1.54, 1.807) is 0 Å². The van der Waals surface area contributed by atoms with Crippen LogP contribution in [0.25, 0.3) is 0 Å². The van der Waals surface area contributed by atoms with Crippen LogP contribution in [0.1, 0.15) is 25.3 Å². The molecular formula is C15H24N2. The van der Waals surface area contributed by atoms with E-state index in [0.717, 1.165) is 19.1 Å². The summed E-state index contributed by atoms with van der Waals surface area (Å²) in [6.07, 6.45) is 2.63. The Bertz CT molecular complexity index is 315. The maximum absolute atomic E-state index is 2.63. The van der Waals surface area contributed by atoms with Crippen LogP contribution in [0, 0.1) is 0 Å². The molecular weight excluding hydrogens is 208 g/mol. The SMILES string of the molecule is CCN(Cc1ccccc1)C1CCN(C)CC1. The first-order valence-electron chi connectivity index (χ1n) is 6.76. The summed E-state index contributed by atoms with van der Waals surface area (Å²) in [7, 11) is 2.23. The van der Waals surface area contributed by atoms with Crippen LogP contribution in [0.3, 0.4) is 0 Å². The molecule has 0 radical (unpaired) electrons. The largest absolute Gasteiger partial charge is 0.306 e. The Morgan fingerprint density at radius 1 is 1.18 bits per heavy atom. The number of piperidine rings is 1. The maximum Gasteiger partial charge on any atom is 0.0236 e. The molecule has 0 amide bonds. The third-order valence-electron chi connectivity index (χ3n) is 3.84. The van der Waals surface area contributed by atoms with Gasteiger partial charge in [-0.2, -0.15) is 0 Å². The van der Waals surface area contributed by atoms with Crippen LogP contribution in [0.4, 0.5) is 0 Å². The van der Waals surface area contributed by atoms with Gasteiger partial charge in [-0.3, -0.25) is 4.90 Å². The van der Waals surface area contributed by atoms with E-state index in [4.69, 9.17) is 0 Å². The van der Waals surface area contributed by atoms with Gasteiger partial charge in [0.2, 0.25) is 0 Å². The molecule has 0 bridgehead atoms. The lowest BCUT2D eigenvalue weighted by Gasteiger charge is -2.36. The van der Waals surface area contributed by atoms with Gasteiger partial charge in [-0.15, -0.1) is 0 Å². The minimum absolute atomic E-state index is 0.774. The number of likely N-dealkylation sites (tertiary alicyclic amines) is 1. The average Bonchev–Trinajstić information content (AvgIpc) is 2.38. The first kappa shape index (κ1) is 12.6. The molecule has 1 saturated heterocycles. The van der Waals surface area contributed by atoms with Crippen molar-refractivity contribution in [3.63, 3.8) is 0 Å². The number of nitrogens with zero attached hydrogens (tertiary/aromatic N) is 2. The molecule has 2 heteroatoms. The quantitative estimate of drug-likeness (QED) is 0.787. The summed E-state index contributed by atoms with van der Waals surface area (Å²) in [5.41, 5.74) is 1.44. The molecule has 17 heavy (non-hydrogen) atoms. The Hall–Kier alpha value is -0.860. The molecule has 2 rings (SSSR count). The molecule has 1 heterocycles. The Morgan fingerprint density at radius 3 is 2.41 bits per heavy atom. The van der Waals surface area contributed by atoms with Gasteiger partial charge in [-0.25, -0.2) is 0 Å². The van der Waals surface area contributed by atoms with Gasteiger partial charge in [-0.05, 0) is 45.1 Å². The third-order valence-corrected chi connectivity index (χ3v) is 3.84. The van der Waals surface area contributed by atoms with Crippen molar-refractivity contribution in [3.05, 3.63) is 35.9 Å². The lowest BCUT2D eigenvalue weighted by Crippen LogP contribution is -2.43. The summed E-state index contributed by atoms with van der Waals surface area (Å²) in [4.78, 5) is 5.06. The second-order valence-electron chi connectivity index (χ2n) is 5.08. The predicted octanol–water partition coefficient (Wildman–Crippen LogP) is 2.60. The molecule has 1 aromatic carbocycles. The molecule has 0 aromatic heterocycles. The number of hydrogen-bond acceptors (Lipinski definition) is 2. The number of rotatable bonds is 4. The van der Waals surface area contributed by atoms with Crippen molar-refractivity contribution in [2.24, 2.45) is 0 Å². The molecule has 1 aromatic rings. The van der Waals surface area contributed by atoms with Crippen LogP contribution < -0.4 is 0 Å². The topological polar surface area (TPSA) is 6.48 Å². The van der Waals surface area contributed by atoms with Crippen LogP contribution in [0.15, 0.2) is 30.3 Å². The van der Waals surface area contributed by atoms with E-state index in [0.29, 0.717) is 0 Å². The number of hydrogen-bond donors (Lipinski definition) is 0. The van der Waals surface area contributed by atoms with Gasteiger partial charge in [-0.1, -0.05) is 37.3 Å². The lowest BCUT2D eigenvalue weighted by molar-refractivity contribution is 0.120. The molecule has 1 fully saturated rings. The second kappa shape index (κ2) is 6.18. The van der Waals surface area contributed by atoms with Gasteiger partial charge < -0.3 is 4.90 Å². The van der Waals surface area contributed by atoms with E-state index in [1.807, 2.05) is 0 Å². The summed E-state index contributed by atoms with van der Waals surface area (Å²) in [6.45, 7) is 7.03. The van der Waals surface area contributed by atoms with Crippen molar-refractivity contribution >= 4 is 0 Å². The van der Waals surface area contributed by atoms with Crippen LogP contribution in [0.5, 0.6) is 0 Å². The monoisotopic (exact) mass is 232 g/mol. The van der Waals surface area contributed by atoms with Crippen molar-refractivity contribution in [2.75, 3.05) is 26.7 Å². The fourth-order valence-electron chi connectivity index (χ4n) is 2.68. The van der Waals surface area contributed by atoms with Crippen molar-refractivity contribution in [1.82, 2.24) is 9.80 Å². The zero-order valence-corrected chi connectivity index (χ0v) is 11.1. The second-order valence-corrected chi connectivity index (χ2v) is 5.08. The number of benzene rings is 1. The molecule has 2 nitrogen and oxygen atoms in total. The predicted molar refractivity (Wildman–Crippen MR) is 73.0 cm³/mol. The maximum atomic E-state index is 2.63. The van der Waals surface area contributed by atoms with Crippen molar-refractivity contribution in [3.8, 4) is 0 Å². The van der Waals surface area contributed by atoms with E-state index in [-0.39, 0.29) is 0 Å². The molecule has 0 aliphatic carbocycles. The smallest absolute Gasteiger partial charge is 0.0236 e. The van der Waals surface area contributed by atoms with Crippen molar-refractivity contribution in [1.29, 1.82) is 0 Å². The van der Waals surface area contributed by atoms with Gasteiger partial charge >= 0.3 is 0 Å². The molecule has 0 saturated carbocycles. The molecule has 1 aliphatic rings. The Labute approximate surface area is 105 Å². The van der Waals surface area contributed by atoms with Crippen LogP contribution in [-0.2, 0) is 6.54 Å². The molecule has 0 unspecified atom stereocenters. The summed E-state index contributed by atoms with van der Waals surface area (Å²) < 4.78 is 0. The normalized spacial score (nSPS) is 18.8. The highest BCUT2D eigenvalue weighted by atomic mass is 15.2. The van der Waals surface area contributed by atoms with E-state index >= 15 is 0 Å². The van der Waals surface area contributed by atoms with Crippen LogP contribution >= 0.6 is 0 Å². The fourth-order valence-corrected chi connectivity index (χ4v) is 2.68. The van der Waals surface area contributed by atoms with E-state index in [1.165, 1.54) is 31.5 Å². The van der Waals surface area contributed by atoms with Crippen LogP contribution in [-0.4, -0.2) is 42.5 Å². The first-order valence-corrected chi connectivity index (χ1v) is 6.76. The van der Waals surface area contributed by atoms with Crippen molar-refractivity contribution < 1.29 is 0 Å². The third kappa shape index (κ3) is 3.55. The van der Waals surface area contributed by atoms with E-state index in [2.05, 4.69) is 54.1 Å². The Morgan fingerprint density at radius 2 is 1.82 bits per heavy atom. The summed E-state index contributed by atoms with van der Waals surface area (Å²) in [5, 5.41) is 0. The standard InChI is InChI=1S/C15H24N2/c1-3-17(13-14-7-5-4-6-8-14)15-9-11-16(2)12-10-15/h4-8,15H,3,9-13H2,1-2H3. The van der Waals surface area contributed by atoms with Gasteiger partial charge in [0, 0.05) is 12.6 Å². The zero-order valence-electron chi connectivity index (χ0n) is 11.1. The van der Waals surface area contributed by atoms with Gasteiger partial charge in [0.1, 0.15) is 0 Å². The highest BCUT2D eigenvalue weighted by Crippen LogP contribution is 2.17. The minimum atomic E-state index is 0.774. The lowest BCUT2D eigenvalue weighted by atomic mass is 10.0. The molecule has 94 valence electrons. The molecule has 1 aliphatic heterocycles. The summed E-state index contributed by atoms with van der Waals surface area (Å²) in [6, 6.07) is 11.6. The zero-order chi connectivity index (χ0) is 12.1. The van der Waals surface area contributed by atoms with Gasteiger partial charge in [0.15, 0.2) is 0 Å². The van der Waals surface area contributed by atoms with Crippen LogP contribution in [0.2, 0.25) is 0 Å². The highest BCUT2D eigenvalue weighted by Gasteiger charge is 2.21. The van der Waals surface area contributed by atoms with E-state index < -0.39 is 0 Å². The highest BCUT2D eigenvalue weighted by molar-refractivity contribution is 5.14. The first-order chi connectivity index (χ1) is 8.29. The Kier molecular flexibility index (Phi) is 4.57. The minimum Gasteiger partial charge on any atom is -0.306 e.